The van der Waals surface area contributed by atoms with Crippen LogP contribution in [0.1, 0.15) is 32.1 Å². The second-order valence-electron chi connectivity index (χ2n) is 4.44. The van der Waals surface area contributed by atoms with Gasteiger partial charge in [0.15, 0.2) is 5.78 Å². The fraction of sp³-hybridized carbons (Fsp3) is 0.583. The van der Waals surface area contributed by atoms with E-state index in [2.05, 4.69) is 0 Å². The van der Waals surface area contributed by atoms with Crippen molar-refractivity contribution in [2.24, 2.45) is 11.7 Å². The Morgan fingerprint density at radius 2 is 2.27 bits per heavy atom. The number of carbonyl (C=O) groups excluding carboxylic acids is 1. The van der Waals surface area contributed by atoms with Gasteiger partial charge in [-0.3, -0.25) is 4.79 Å². The molecule has 3 heteroatoms. The van der Waals surface area contributed by atoms with Crippen LogP contribution in [0.2, 0.25) is 0 Å². The summed E-state index contributed by atoms with van der Waals surface area (Å²) in [5.74, 6) is 0.178. The Morgan fingerprint density at radius 3 is 2.93 bits per heavy atom. The van der Waals surface area contributed by atoms with Gasteiger partial charge >= 0.3 is 0 Å². The van der Waals surface area contributed by atoms with Gasteiger partial charge in [-0.25, -0.2) is 0 Å². The summed E-state index contributed by atoms with van der Waals surface area (Å²) in [6, 6.07) is 0. The molecule has 15 heavy (non-hydrogen) atoms. The van der Waals surface area contributed by atoms with Crippen molar-refractivity contribution in [1.82, 2.24) is 0 Å². The van der Waals surface area contributed by atoms with E-state index in [0.29, 0.717) is 6.42 Å². The van der Waals surface area contributed by atoms with Crippen LogP contribution < -0.4 is 5.73 Å². The molecule has 0 aromatic rings. The highest BCUT2D eigenvalue weighted by Gasteiger charge is 2.43. The molecule has 0 spiro atoms. The predicted octanol–water partition coefficient (Wildman–Crippen LogP) is 2.53. The van der Waals surface area contributed by atoms with E-state index in [0.717, 1.165) is 30.7 Å². The van der Waals surface area contributed by atoms with E-state index in [1.165, 1.54) is 0 Å². The molecule has 0 radical (unpaired) electrons. The Kier molecular flexibility index (Phi) is 2.98. The van der Waals surface area contributed by atoms with Crippen molar-refractivity contribution in [3.63, 3.8) is 0 Å². The average molecular weight is 226 g/mol. The Hall–Kier alpha value is -0.600. The first-order valence-corrected chi connectivity index (χ1v) is 5.87. The van der Waals surface area contributed by atoms with Gasteiger partial charge in [0.2, 0.25) is 0 Å². The standard InChI is InChI=1S/C12H16ClNO/c13-10-6-2-1-5-9(10)12(14)8-4-3-7-11(12)15/h1-2,6,9H,3-5,7-8,14H2. The van der Waals surface area contributed by atoms with Gasteiger partial charge in [-0.1, -0.05) is 30.2 Å². The molecule has 0 amide bonds. The van der Waals surface area contributed by atoms with Crippen molar-refractivity contribution in [2.75, 3.05) is 0 Å². The predicted molar refractivity (Wildman–Crippen MR) is 61.6 cm³/mol. The summed E-state index contributed by atoms with van der Waals surface area (Å²) in [4.78, 5) is 11.9. The van der Waals surface area contributed by atoms with Gasteiger partial charge in [0, 0.05) is 17.4 Å². The van der Waals surface area contributed by atoms with Crippen LogP contribution in [0.4, 0.5) is 0 Å². The number of hydrogen-bond donors (Lipinski definition) is 1. The lowest BCUT2D eigenvalue weighted by atomic mass is 9.70. The van der Waals surface area contributed by atoms with Gasteiger partial charge in [0.1, 0.15) is 0 Å². The second kappa shape index (κ2) is 4.11. The molecule has 1 saturated carbocycles. The maximum absolute atomic E-state index is 11.9. The summed E-state index contributed by atoms with van der Waals surface area (Å²) < 4.78 is 0. The molecule has 0 saturated heterocycles. The number of ketones is 1. The zero-order valence-electron chi connectivity index (χ0n) is 8.71. The fourth-order valence-electron chi connectivity index (χ4n) is 2.50. The van der Waals surface area contributed by atoms with Gasteiger partial charge in [-0.15, -0.1) is 0 Å². The molecule has 82 valence electrons. The number of nitrogens with two attached hydrogens (primary N) is 1. The summed E-state index contributed by atoms with van der Waals surface area (Å²) >= 11 is 6.15. The van der Waals surface area contributed by atoms with E-state index in [-0.39, 0.29) is 11.7 Å². The van der Waals surface area contributed by atoms with Gasteiger partial charge in [0.05, 0.1) is 5.54 Å². The molecule has 2 aliphatic carbocycles. The zero-order valence-corrected chi connectivity index (χ0v) is 9.46. The summed E-state index contributed by atoms with van der Waals surface area (Å²) in [6.45, 7) is 0. The quantitative estimate of drug-likeness (QED) is 0.745. The van der Waals surface area contributed by atoms with Crippen molar-refractivity contribution in [2.45, 2.75) is 37.6 Å². The molecular weight excluding hydrogens is 210 g/mol. The molecule has 0 aliphatic heterocycles. The van der Waals surface area contributed by atoms with Crippen LogP contribution in [-0.2, 0) is 4.79 Å². The summed E-state index contributed by atoms with van der Waals surface area (Å²) in [6.07, 6.45) is 10.00. The third kappa shape index (κ3) is 1.88. The van der Waals surface area contributed by atoms with Crippen molar-refractivity contribution in [3.8, 4) is 0 Å². The van der Waals surface area contributed by atoms with E-state index in [4.69, 9.17) is 17.3 Å². The summed E-state index contributed by atoms with van der Waals surface area (Å²) in [5.41, 5.74) is 5.55. The molecule has 2 unspecified atom stereocenters. The third-order valence-electron chi connectivity index (χ3n) is 3.48. The minimum atomic E-state index is -0.712. The number of Topliss-reactive ketones (excluding diaryl/α,β-unsaturated/α-hetero) is 1. The second-order valence-corrected chi connectivity index (χ2v) is 4.88. The molecule has 2 rings (SSSR count). The van der Waals surface area contributed by atoms with E-state index in [1.807, 2.05) is 18.2 Å². The highest BCUT2D eigenvalue weighted by atomic mass is 35.5. The van der Waals surface area contributed by atoms with Crippen LogP contribution in [0.3, 0.4) is 0 Å². The van der Waals surface area contributed by atoms with Crippen LogP contribution in [0.25, 0.3) is 0 Å². The zero-order chi connectivity index (χ0) is 10.9. The third-order valence-corrected chi connectivity index (χ3v) is 3.87. The van der Waals surface area contributed by atoms with Crippen LogP contribution in [0.5, 0.6) is 0 Å². The van der Waals surface area contributed by atoms with Crippen molar-refractivity contribution < 1.29 is 4.79 Å². The van der Waals surface area contributed by atoms with Crippen molar-refractivity contribution >= 4 is 17.4 Å². The Labute approximate surface area is 95.2 Å². The van der Waals surface area contributed by atoms with Gasteiger partial charge in [0.25, 0.3) is 0 Å². The lowest BCUT2D eigenvalue weighted by Crippen LogP contribution is -2.55. The van der Waals surface area contributed by atoms with Gasteiger partial charge in [-0.2, -0.15) is 0 Å². The minimum Gasteiger partial charge on any atom is -0.318 e. The Balaban J connectivity index is 2.24. The lowest BCUT2D eigenvalue weighted by molar-refractivity contribution is -0.127. The maximum atomic E-state index is 11.9. The normalized spacial score (nSPS) is 36.5. The molecule has 2 N–H and O–H groups in total. The first-order chi connectivity index (χ1) is 7.14. The van der Waals surface area contributed by atoms with Crippen LogP contribution >= 0.6 is 11.6 Å². The fourth-order valence-corrected chi connectivity index (χ4v) is 2.86. The van der Waals surface area contributed by atoms with Crippen molar-refractivity contribution in [1.29, 1.82) is 0 Å². The van der Waals surface area contributed by atoms with Crippen molar-refractivity contribution in [3.05, 3.63) is 23.3 Å². The molecule has 2 aliphatic rings. The number of hydrogen-bond acceptors (Lipinski definition) is 2. The van der Waals surface area contributed by atoms with E-state index >= 15 is 0 Å². The van der Waals surface area contributed by atoms with Gasteiger partial charge in [-0.05, 0) is 25.3 Å². The summed E-state index contributed by atoms with van der Waals surface area (Å²) in [7, 11) is 0. The van der Waals surface area contributed by atoms with E-state index < -0.39 is 5.54 Å². The maximum Gasteiger partial charge on any atom is 0.153 e. The van der Waals surface area contributed by atoms with Crippen LogP contribution in [0.15, 0.2) is 23.3 Å². The van der Waals surface area contributed by atoms with E-state index in [9.17, 15) is 4.79 Å². The molecule has 0 aromatic carbocycles. The highest BCUT2D eigenvalue weighted by Crippen LogP contribution is 2.38. The Bertz CT molecular complexity index is 335. The van der Waals surface area contributed by atoms with Crippen LogP contribution in [-0.4, -0.2) is 11.3 Å². The average Bonchev–Trinajstić information content (AvgIpc) is 2.23. The largest absolute Gasteiger partial charge is 0.318 e. The summed E-state index contributed by atoms with van der Waals surface area (Å²) in [5, 5.41) is 0.732. The molecule has 2 nitrogen and oxygen atoms in total. The SMILES string of the molecule is NC1(C2CC=CC=C2Cl)CCCCC1=O. The molecule has 0 bridgehead atoms. The molecular formula is C12H16ClNO. The smallest absolute Gasteiger partial charge is 0.153 e. The van der Waals surface area contributed by atoms with Crippen LogP contribution in [0, 0.1) is 5.92 Å². The number of rotatable bonds is 1. The topological polar surface area (TPSA) is 43.1 Å². The minimum absolute atomic E-state index is 0.00281. The first-order valence-electron chi connectivity index (χ1n) is 5.49. The Morgan fingerprint density at radius 1 is 1.47 bits per heavy atom. The molecule has 0 aromatic heterocycles. The highest BCUT2D eigenvalue weighted by molar-refractivity contribution is 6.30. The van der Waals surface area contributed by atoms with E-state index in [1.54, 1.807) is 0 Å². The number of halogens is 1. The molecule has 2 atom stereocenters. The van der Waals surface area contributed by atoms with Gasteiger partial charge < -0.3 is 5.73 Å². The monoisotopic (exact) mass is 225 g/mol. The first kappa shape index (κ1) is 10.9. The number of allylic oxidation sites excluding steroid dienone is 3. The number of carbonyl (C=O) groups is 1. The lowest BCUT2D eigenvalue weighted by Gasteiger charge is -2.39. The molecule has 1 fully saturated rings. The molecule has 0 heterocycles.